The van der Waals surface area contributed by atoms with Crippen LogP contribution in [0.2, 0.25) is 0 Å². The number of hydrogen-bond donors (Lipinski definition) is 5. The van der Waals surface area contributed by atoms with Crippen LogP contribution in [-0.2, 0) is 11.2 Å². The van der Waals surface area contributed by atoms with Crippen molar-refractivity contribution < 1.29 is 24.9 Å². The van der Waals surface area contributed by atoms with E-state index < -0.39 is 41.6 Å². The summed E-state index contributed by atoms with van der Waals surface area (Å²) in [4.78, 5) is 34.3. The van der Waals surface area contributed by atoms with Gasteiger partial charge in [0.15, 0.2) is 5.60 Å². The van der Waals surface area contributed by atoms with Gasteiger partial charge in [-0.15, -0.1) is 0 Å². The van der Waals surface area contributed by atoms with Crippen molar-refractivity contribution in [1.29, 1.82) is 0 Å². The number of benzene rings is 2. The summed E-state index contributed by atoms with van der Waals surface area (Å²) in [5.74, 6) is -1.32. The van der Waals surface area contributed by atoms with E-state index in [0.717, 1.165) is 5.56 Å². The Hall–Kier alpha value is -3.40. The second-order valence-electron chi connectivity index (χ2n) is 10.2. The summed E-state index contributed by atoms with van der Waals surface area (Å²) in [5.41, 5.74) is 3.55. The Morgan fingerprint density at radius 1 is 1.11 bits per heavy atom. The van der Waals surface area contributed by atoms with Gasteiger partial charge in [0.2, 0.25) is 0 Å². The van der Waals surface area contributed by atoms with Crippen LogP contribution in [0.5, 0.6) is 0 Å². The first kappa shape index (κ1) is 26.7. The van der Waals surface area contributed by atoms with Gasteiger partial charge in [-0.2, -0.15) is 0 Å². The minimum Gasteiger partial charge on any atom is -0.391 e. The zero-order chi connectivity index (χ0) is 26.6. The maximum atomic E-state index is 13.2. The van der Waals surface area contributed by atoms with Crippen LogP contribution >= 0.6 is 0 Å². The van der Waals surface area contributed by atoms with Crippen molar-refractivity contribution in [2.75, 3.05) is 0 Å². The molecule has 0 spiro atoms. The fourth-order valence-electron chi connectivity index (χ4n) is 5.08. The van der Waals surface area contributed by atoms with Crippen molar-refractivity contribution in [3.63, 3.8) is 0 Å². The molecule has 1 heterocycles. The summed E-state index contributed by atoms with van der Waals surface area (Å²) in [5, 5.41) is 36.8. The summed E-state index contributed by atoms with van der Waals surface area (Å²) < 4.78 is 0. The third-order valence-electron chi connectivity index (χ3n) is 7.54. The van der Waals surface area contributed by atoms with Gasteiger partial charge in [-0.1, -0.05) is 49.4 Å². The number of amides is 2. The lowest BCUT2D eigenvalue weighted by Gasteiger charge is -2.46. The second-order valence-corrected chi connectivity index (χ2v) is 10.2. The van der Waals surface area contributed by atoms with Crippen LogP contribution in [0.25, 0.3) is 11.0 Å². The van der Waals surface area contributed by atoms with Crippen molar-refractivity contribution in [3.05, 3.63) is 72.1 Å². The van der Waals surface area contributed by atoms with Crippen LogP contribution in [0.15, 0.2) is 60.8 Å². The highest BCUT2D eigenvalue weighted by Gasteiger charge is 2.55. The van der Waals surface area contributed by atoms with E-state index in [2.05, 4.69) is 15.3 Å². The Kier molecular flexibility index (Phi) is 7.87. The number of carbonyl (C=O) groups excluding carboxylic acids is 2. The number of fused-ring (bicyclic) bond motifs is 1. The molecular weight excluding hydrogens is 472 g/mol. The maximum Gasteiger partial charge on any atom is 0.271 e. The van der Waals surface area contributed by atoms with Crippen molar-refractivity contribution >= 4 is 22.8 Å². The van der Waals surface area contributed by atoms with E-state index in [-0.39, 0.29) is 25.0 Å². The predicted molar refractivity (Wildman–Crippen MR) is 138 cm³/mol. The molecule has 1 aliphatic rings. The second kappa shape index (κ2) is 10.9. The largest absolute Gasteiger partial charge is 0.391 e. The molecule has 37 heavy (non-hydrogen) atoms. The SMILES string of the molecule is CC1CCC(O)([C@@](O)(C[C@H](O)[C@H](Cc2ccccc2)NC(=O)c2cnc3ccccc3n2)C(N)=O)CC1. The molecule has 0 radical (unpaired) electrons. The monoisotopic (exact) mass is 506 g/mol. The average Bonchev–Trinajstić information content (AvgIpc) is 2.90. The highest BCUT2D eigenvalue weighted by molar-refractivity contribution is 5.94. The number of para-hydroxylation sites is 2. The molecule has 1 aliphatic carbocycles. The third kappa shape index (κ3) is 5.79. The van der Waals surface area contributed by atoms with Gasteiger partial charge in [-0.3, -0.25) is 14.6 Å². The number of hydrogen-bond acceptors (Lipinski definition) is 7. The van der Waals surface area contributed by atoms with Crippen molar-refractivity contribution in [3.8, 4) is 0 Å². The Balaban J connectivity index is 1.59. The lowest BCUT2D eigenvalue weighted by atomic mass is 9.67. The molecule has 0 aliphatic heterocycles. The Morgan fingerprint density at radius 3 is 2.38 bits per heavy atom. The maximum absolute atomic E-state index is 13.2. The van der Waals surface area contributed by atoms with E-state index in [0.29, 0.717) is 29.8 Å². The number of nitrogens with two attached hydrogens (primary N) is 1. The molecule has 0 unspecified atom stereocenters. The molecular formula is C28H34N4O5. The quantitative estimate of drug-likeness (QED) is 0.296. The normalized spacial score (nSPS) is 23.1. The van der Waals surface area contributed by atoms with E-state index in [1.807, 2.05) is 43.3 Å². The highest BCUT2D eigenvalue weighted by atomic mass is 16.4. The predicted octanol–water partition coefficient (Wildman–Crippen LogP) is 1.88. The van der Waals surface area contributed by atoms with E-state index in [1.54, 1.807) is 18.2 Å². The van der Waals surface area contributed by atoms with Gasteiger partial charge in [0.25, 0.3) is 11.8 Å². The fourth-order valence-corrected chi connectivity index (χ4v) is 5.08. The molecule has 6 N–H and O–H groups in total. The lowest BCUT2D eigenvalue weighted by Crippen LogP contribution is -2.65. The number of aromatic nitrogens is 2. The topological polar surface area (TPSA) is 159 Å². The van der Waals surface area contributed by atoms with E-state index >= 15 is 0 Å². The van der Waals surface area contributed by atoms with Gasteiger partial charge in [0.05, 0.1) is 29.4 Å². The van der Waals surface area contributed by atoms with Gasteiger partial charge >= 0.3 is 0 Å². The molecule has 3 atom stereocenters. The molecule has 0 bridgehead atoms. The summed E-state index contributed by atoms with van der Waals surface area (Å²) in [6, 6.07) is 15.4. The average molecular weight is 507 g/mol. The summed E-state index contributed by atoms with van der Waals surface area (Å²) in [6.45, 7) is 2.04. The molecule has 3 aromatic rings. The summed E-state index contributed by atoms with van der Waals surface area (Å²) in [7, 11) is 0. The first-order valence-corrected chi connectivity index (χ1v) is 12.6. The van der Waals surface area contributed by atoms with Crippen LogP contribution in [0.3, 0.4) is 0 Å². The Labute approximate surface area is 215 Å². The molecule has 2 aromatic carbocycles. The van der Waals surface area contributed by atoms with Gasteiger partial charge < -0.3 is 26.4 Å². The molecule has 196 valence electrons. The van der Waals surface area contributed by atoms with E-state index in [9.17, 15) is 24.9 Å². The van der Waals surface area contributed by atoms with Gasteiger partial charge in [0, 0.05) is 6.42 Å². The standard InChI is InChI=1S/C28H34N4O5/c1-18-11-13-27(36,14-12-18)28(37,26(29)35)16-24(33)22(15-19-7-3-2-4-8-19)32-25(34)23-17-30-20-9-5-6-10-21(20)31-23/h2-10,17-18,22,24,33,36-37H,11-16H2,1H3,(H2,29,35)(H,32,34)/t18?,22-,24-,27?,28+/m0/s1. The number of rotatable bonds is 9. The molecule has 1 aromatic heterocycles. The van der Waals surface area contributed by atoms with E-state index in [4.69, 9.17) is 5.73 Å². The molecule has 1 fully saturated rings. The first-order chi connectivity index (χ1) is 17.6. The highest BCUT2D eigenvalue weighted by Crippen LogP contribution is 2.41. The molecule has 2 amide bonds. The van der Waals surface area contributed by atoms with Gasteiger partial charge in [0.1, 0.15) is 11.3 Å². The number of aliphatic hydroxyl groups excluding tert-OH is 1. The zero-order valence-corrected chi connectivity index (χ0v) is 20.9. The molecule has 4 rings (SSSR count). The number of nitrogens with zero attached hydrogens (tertiary/aromatic N) is 2. The Morgan fingerprint density at radius 2 is 1.73 bits per heavy atom. The lowest BCUT2D eigenvalue weighted by molar-refractivity contribution is -0.193. The van der Waals surface area contributed by atoms with Crippen molar-refractivity contribution in [2.24, 2.45) is 11.7 Å². The molecule has 9 nitrogen and oxygen atoms in total. The van der Waals surface area contributed by atoms with Crippen LogP contribution in [0, 0.1) is 5.92 Å². The smallest absolute Gasteiger partial charge is 0.271 e. The molecule has 9 heteroatoms. The third-order valence-corrected chi connectivity index (χ3v) is 7.54. The fraction of sp³-hybridized carbons (Fsp3) is 0.429. The minimum absolute atomic E-state index is 0.0639. The minimum atomic E-state index is -2.37. The summed E-state index contributed by atoms with van der Waals surface area (Å²) >= 11 is 0. The first-order valence-electron chi connectivity index (χ1n) is 12.6. The number of aliphatic hydroxyl groups is 3. The van der Waals surface area contributed by atoms with Crippen molar-refractivity contribution in [1.82, 2.24) is 15.3 Å². The van der Waals surface area contributed by atoms with Crippen LogP contribution in [-0.4, -0.2) is 60.4 Å². The number of nitrogens with one attached hydrogen (secondary N) is 1. The Bertz CT molecular complexity index is 1250. The number of primary amides is 1. The van der Waals surface area contributed by atoms with Crippen LogP contribution in [0.4, 0.5) is 0 Å². The zero-order valence-electron chi connectivity index (χ0n) is 20.9. The summed E-state index contributed by atoms with van der Waals surface area (Å²) in [6.07, 6.45) is 1.23. The van der Waals surface area contributed by atoms with Gasteiger partial charge in [-0.05, 0) is 55.7 Å². The van der Waals surface area contributed by atoms with E-state index in [1.165, 1.54) is 6.20 Å². The van der Waals surface area contributed by atoms with Crippen molar-refractivity contribution in [2.45, 2.75) is 68.8 Å². The van der Waals surface area contributed by atoms with Gasteiger partial charge in [-0.25, -0.2) is 4.98 Å². The molecule has 0 saturated heterocycles. The van der Waals surface area contributed by atoms with Crippen LogP contribution < -0.4 is 11.1 Å². The van der Waals surface area contributed by atoms with Crippen LogP contribution in [0.1, 0.15) is 55.1 Å². The molecule has 1 saturated carbocycles. The number of carbonyl (C=O) groups is 2.